The van der Waals surface area contributed by atoms with E-state index in [-0.39, 0.29) is 11.8 Å². The van der Waals surface area contributed by atoms with Crippen LogP contribution < -0.4 is 0 Å². The highest BCUT2D eigenvalue weighted by Gasteiger charge is 2.41. The van der Waals surface area contributed by atoms with E-state index in [0.29, 0.717) is 11.6 Å². The minimum Gasteiger partial charge on any atom is -0.252 e. The summed E-state index contributed by atoms with van der Waals surface area (Å²) in [5.41, 5.74) is 24.3. The first-order chi connectivity index (χ1) is 37.6. The van der Waals surface area contributed by atoms with Crippen molar-refractivity contribution in [3.8, 4) is 90.3 Å². The van der Waals surface area contributed by atoms with Gasteiger partial charge in [-0.2, -0.15) is 0 Å². The van der Waals surface area contributed by atoms with E-state index in [1.54, 1.807) is 0 Å². The second-order valence-corrected chi connectivity index (χ2v) is 19.5. The van der Waals surface area contributed by atoms with Gasteiger partial charge in [0, 0.05) is 56.3 Å². The van der Waals surface area contributed by atoms with Gasteiger partial charge in [0.05, 0.1) is 68.6 Å². The normalized spacial score (nSPS) is 14.1. The summed E-state index contributed by atoms with van der Waals surface area (Å²) in [6.45, 7) is 0. The van der Waals surface area contributed by atoms with E-state index in [1.807, 2.05) is 73.1 Å². The largest absolute Gasteiger partial charge is 0.252 e. The van der Waals surface area contributed by atoms with Crippen LogP contribution >= 0.6 is 0 Å². The van der Waals surface area contributed by atoms with Crippen molar-refractivity contribution in [3.63, 3.8) is 0 Å². The molecule has 0 aliphatic heterocycles. The first kappa shape index (κ1) is 43.4. The van der Waals surface area contributed by atoms with E-state index in [9.17, 15) is 0 Å². The van der Waals surface area contributed by atoms with Crippen molar-refractivity contribution < 1.29 is 0 Å². The Bertz CT molecular complexity index is 4120. The van der Waals surface area contributed by atoms with Crippen molar-refractivity contribution >= 4 is 22.1 Å². The molecular formula is C68H42N8. The van der Waals surface area contributed by atoms with Crippen LogP contribution in [0.4, 0.5) is 0 Å². The number of rotatable bonds is 8. The second-order valence-electron chi connectivity index (χ2n) is 19.5. The minimum absolute atomic E-state index is 0.0145. The van der Waals surface area contributed by atoms with Gasteiger partial charge in [0.1, 0.15) is 0 Å². The van der Waals surface area contributed by atoms with Crippen LogP contribution in [0.5, 0.6) is 0 Å². The average molecular weight is 971 g/mol. The predicted octanol–water partition coefficient (Wildman–Crippen LogP) is 15.5. The third-order valence-electron chi connectivity index (χ3n) is 15.0. The number of nitrogens with zero attached hydrogens (tertiary/aromatic N) is 8. The molecule has 4 aromatic heterocycles. The fourth-order valence-corrected chi connectivity index (χ4v) is 11.3. The van der Waals surface area contributed by atoms with Crippen LogP contribution in [-0.4, -0.2) is 39.9 Å². The highest BCUT2D eigenvalue weighted by Crippen LogP contribution is 2.56. The standard InChI is InChI=1S/C68H42N8/c1-3-13-41(14-4-1)59-37-61(43-23-27-45(28-24-43)63-39-69-55-19-9-11-21-57(55)71-63)75-67(73-59)47-31-33-51-53(35-47)65-49-17-7-8-18-50(49)66(51)54-36-48(32-34-52(54)65)68-74-60(42-15-5-2-6-16-42)38-62(76-68)44-25-29-46(30-26-44)64-40-70-56-20-10-12-22-58(56)72-64/h1-40,65-66H. The molecule has 16 rings (SSSR count). The Labute approximate surface area is 438 Å². The molecule has 3 aliphatic rings. The summed E-state index contributed by atoms with van der Waals surface area (Å²) in [7, 11) is 0. The Morgan fingerprint density at radius 2 is 0.513 bits per heavy atom. The molecule has 0 amide bonds. The lowest BCUT2D eigenvalue weighted by atomic mass is 9.61. The van der Waals surface area contributed by atoms with Gasteiger partial charge in [-0.25, -0.2) is 29.9 Å². The van der Waals surface area contributed by atoms with Crippen LogP contribution in [-0.2, 0) is 0 Å². The molecule has 0 spiro atoms. The maximum atomic E-state index is 5.32. The maximum absolute atomic E-state index is 5.32. The zero-order chi connectivity index (χ0) is 50.1. The predicted molar refractivity (Wildman–Crippen MR) is 302 cm³/mol. The van der Waals surface area contributed by atoms with Gasteiger partial charge >= 0.3 is 0 Å². The number of hydrogen-bond acceptors (Lipinski definition) is 8. The van der Waals surface area contributed by atoms with E-state index >= 15 is 0 Å². The van der Waals surface area contributed by atoms with Gasteiger partial charge in [0.2, 0.25) is 0 Å². The zero-order valence-electron chi connectivity index (χ0n) is 40.8. The average Bonchev–Trinajstić information content (AvgIpc) is 3.58. The summed E-state index contributed by atoms with van der Waals surface area (Å²) in [6, 6.07) is 80.3. The van der Waals surface area contributed by atoms with Crippen LogP contribution in [0.2, 0.25) is 0 Å². The van der Waals surface area contributed by atoms with Crippen LogP contribution in [0.25, 0.3) is 112 Å². The van der Waals surface area contributed by atoms with Gasteiger partial charge in [-0.1, -0.05) is 182 Å². The highest BCUT2D eigenvalue weighted by molar-refractivity contribution is 5.81. The Balaban J connectivity index is 0.801. The molecule has 354 valence electrons. The van der Waals surface area contributed by atoms with Crippen LogP contribution in [0.15, 0.2) is 243 Å². The number of aromatic nitrogens is 8. The number of para-hydroxylation sites is 4. The van der Waals surface area contributed by atoms with E-state index in [2.05, 4.69) is 180 Å². The quantitative estimate of drug-likeness (QED) is 0.148. The Kier molecular flexibility index (Phi) is 10.2. The third kappa shape index (κ3) is 7.54. The van der Waals surface area contributed by atoms with Gasteiger partial charge in [0.25, 0.3) is 0 Å². The van der Waals surface area contributed by atoms with Crippen LogP contribution in [0, 0.1) is 0 Å². The minimum atomic E-state index is 0.0145. The van der Waals surface area contributed by atoms with Gasteiger partial charge in [-0.15, -0.1) is 0 Å². The molecule has 2 bridgehead atoms. The van der Waals surface area contributed by atoms with Crippen molar-refractivity contribution in [3.05, 3.63) is 276 Å². The summed E-state index contributed by atoms with van der Waals surface area (Å²) in [5, 5.41) is 0. The molecule has 3 aliphatic carbocycles. The lowest BCUT2D eigenvalue weighted by Crippen LogP contribution is -2.27. The van der Waals surface area contributed by atoms with Crippen LogP contribution in [0.1, 0.15) is 45.2 Å². The molecule has 2 unspecified atom stereocenters. The maximum Gasteiger partial charge on any atom is 0.160 e. The fraction of sp³-hybridized carbons (Fsp3) is 0.0294. The lowest BCUT2D eigenvalue weighted by Gasteiger charge is -2.42. The van der Waals surface area contributed by atoms with Gasteiger partial charge in [-0.3, -0.25) is 9.97 Å². The smallest absolute Gasteiger partial charge is 0.160 e. The molecule has 76 heavy (non-hydrogen) atoms. The van der Waals surface area contributed by atoms with Gasteiger partial charge in [-0.05, 0) is 81.9 Å². The molecule has 13 aromatic rings. The van der Waals surface area contributed by atoms with E-state index in [1.165, 1.54) is 33.4 Å². The summed E-state index contributed by atoms with van der Waals surface area (Å²) in [4.78, 5) is 40.3. The van der Waals surface area contributed by atoms with E-state index in [0.717, 1.165) is 101 Å². The zero-order valence-corrected chi connectivity index (χ0v) is 40.8. The molecule has 0 saturated heterocycles. The first-order valence-corrected chi connectivity index (χ1v) is 25.5. The number of benzene rings is 9. The van der Waals surface area contributed by atoms with Crippen molar-refractivity contribution in [2.24, 2.45) is 0 Å². The fourth-order valence-electron chi connectivity index (χ4n) is 11.3. The first-order valence-electron chi connectivity index (χ1n) is 25.5. The highest BCUT2D eigenvalue weighted by atomic mass is 14.9. The number of fused-ring (bicyclic) bond motifs is 2. The SMILES string of the molecule is c1ccc(-c2cc(-c3ccc(-c4cnc5ccccc5n4)cc3)nc(-c3ccc4c(c3)C3c5ccccc5C4c4cc(-c5nc(-c6ccccc6)cc(-c6ccc(-c7cnc8ccccc8n7)cc6)n5)ccc43)n2)cc1. The van der Waals surface area contributed by atoms with Crippen molar-refractivity contribution in [1.29, 1.82) is 0 Å². The van der Waals surface area contributed by atoms with Gasteiger partial charge < -0.3 is 0 Å². The molecule has 4 heterocycles. The van der Waals surface area contributed by atoms with Crippen molar-refractivity contribution in [2.45, 2.75) is 11.8 Å². The summed E-state index contributed by atoms with van der Waals surface area (Å²) < 4.78 is 0. The molecule has 8 nitrogen and oxygen atoms in total. The Morgan fingerprint density at radius 3 is 0.908 bits per heavy atom. The van der Waals surface area contributed by atoms with Crippen LogP contribution in [0.3, 0.4) is 0 Å². The third-order valence-corrected chi connectivity index (χ3v) is 15.0. The number of hydrogen-bond donors (Lipinski definition) is 0. The van der Waals surface area contributed by atoms with Crippen molar-refractivity contribution in [1.82, 2.24) is 39.9 Å². The summed E-state index contributed by atoms with van der Waals surface area (Å²) in [5.74, 6) is 1.38. The van der Waals surface area contributed by atoms with E-state index in [4.69, 9.17) is 29.9 Å². The molecule has 0 fully saturated rings. The molecule has 0 saturated carbocycles. The second kappa shape index (κ2) is 17.8. The molecule has 2 atom stereocenters. The molecule has 9 aromatic carbocycles. The topological polar surface area (TPSA) is 103 Å². The molecule has 0 radical (unpaired) electrons. The molecule has 8 heteroatoms. The van der Waals surface area contributed by atoms with Crippen molar-refractivity contribution in [2.75, 3.05) is 0 Å². The summed E-state index contributed by atoms with van der Waals surface area (Å²) >= 11 is 0. The van der Waals surface area contributed by atoms with Gasteiger partial charge in [0.15, 0.2) is 11.6 Å². The summed E-state index contributed by atoms with van der Waals surface area (Å²) in [6.07, 6.45) is 3.68. The Morgan fingerprint density at radius 1 is 0.211 bits per heavy atom. The lowest BCUT2D eigenvalue weighted by molar-refractivity contribution is 0.754. The molecule has 0 N–H and O–H groups in total. The Hall–Kier alpha value is -10.2. The monoisotopic (exact) mass is 970 g/mol. The molecular weight excluding hydrogens is 929 g/mol. The van der Waals surface area contributed by atoms with E-state index < -0.39 is 0 Å².